The molecule has 0 saturated carbocycles. The summed E-state index contributed by atoms with van der Waals surface area (Å²) in [5, 5.41) is 31.5. The number of aromatic nitrogens is 3. The van der Waals surface area contributed by atoms with Crippen LogP contribution in [0.4, 0.5) is 28.4 Å². The number of para-hydroxylation sites is 2. The lowest BCUT2D eigenvalue weighted by Gasteiger charge is -2.31. The van der Waals surface area contributed by atoms with Crippen molar-refractivity contribution in [1.29, 1.82) is 0 Å². The van der Waals surface area contributed by atoms with E-state index >= 15 is 0 Å². The lowest BCUT2D eigenvalue weighted by Crippen LogP contribution is -2.44. The van der Waals surface area contributed by atoms with Gasteiger partial charge in [-0.3, -0.25) is 28.9 Å². The molecule has 60 heavy (non-hydrogen) atoms. The van der Waals surface area contributed by atoms with E-state index in [-0.39, 0.29) is 30.9 Å². The van der Waals surface area contributed by atoms with E-state index in [9.17, 15) is 24.6 Å². The maximum Gasteiger partial charge on any atom is 0.264 e. The van der Waals surface area contributed by atoms with Crippen molar-refractivity contribution in [3.63, 3.8) is 0 Å². The second kappa shape index (κ2) is 16.2. The van der Waals surface area contributed by atoms with Crippen molar-refractivity contribution in [3.8, 4) is 0 Å². The number of rotatable bonds is 12. The molecule has 11 nitrogen and oxygen atoms in total. The van der Waals surface area contributed by atoms with Crippen LogP contribution in [0.25, 0.3) is 0 Å². The van der Waals surface area contributed by atoms with Crippen molar-refractivity contribution in [2.75, 3.05) is 21.3 Å². The molecule has 1 aromatic heterocycles. The molecular weight excluding hydrogens is 753 g/mol. The Hall–Kier alpha value is -6.69. The fourth-order valence-electron chi connectivity index (χ4n) is 8.87. The molecule has 0 spiro atoms. The lowest BCUT2D eigenvalue weighted by atomic mass is 9.82. The molecule has 5 aromatic carbocycles. The predicted molar refractivity (Wildman–Crippen MR) is 230 cm³/mol. The van der Waals surface area contributed by atoms with Gasteiger partial charge in [0.05, 0.1) is 41.8 Å². The van der Waals surface area contributed by atoms with E-state index in [4.69, 9.17) is 0 Å². The number of amides is 3. The first-order valence-corrected chi connectivity index (χ1v) is 20.6. The number of aryl methyl sites for hydroxylation is 3. The molecular formula is C49H46N6O5. The van der Waals surface area contributed by atoms with E-state index < -0.39 is 17.4 Å². The molecule has 3 aliphatic rings. The van der Waals surface area contributed by atoms with Gasteiger partial charge < -0.3 is 15.1 Å². The van der Waals surface area contributed by atoms with Crippen molar-refractivity contribution in [1.82, 2.24) is 15.0 Å². The molecule has 3 atom stereocenters. The van der Waals surface area contributed by atoms with E-state index in [1.54, 1.807) is 25.4 Å². The number of aliphatic hydroxyl groups is 2. The highest BCUT2D eigenvalue weighted by Gasteiger charge is 2.53. The van der Waals surface area contributed by atoms with E-state index in [0.717, 1.165) is 39.3 Å². The molecule has 9 rings (SSSR count). The second-order valence-electron chi connectivity index (χ2n) is 15.8. The van der Waals surface area contributed by atoms with Crippen LogP contribution in [0.15, 0.2) is 140 Å². The van der Waals surface area contributed by atoms with Crippen molar-refractivity contribution in [3.05, 3.63) is 173 Å². The SMILES string of the molecule is C[C@H](/C=C/CCn1cc(C(CO)c2ccccc2)nn1)[C@@]1(O)C(=O)N(Cc2ccc(N3C(=O)CCc4ccccc43)cc2)c2ccc(N3C(=O)CCc4ccccc43)cc21. The summed E-state index contributed by atoms with van der Waals surface area (Å²) in [5.74, 6) is -1.41. The van der Waals surface area contributed by atoms with Crippen molar-refractivity contribution in [2.24, 2.45) is 5.92 Å². The molecule has 0 bridgehead atoms. The van der Waals surface area contributed by atoms with E-state index in [0.29, 0.717) is 61.3 Å². The zero-order valence-corrected chi connectivity index (χ0v) is 33.4. The van der Waals surface area contributed by atoms with Gasteiger partial charge in [0.15, 0.2) is 5.60 Å². The van der Waals surface area contributed by atoms with E-state index in [1.807, 2.05) is 134 Å². The number of nitrogens with zero attached hydrogens (tertiary/aromatic N) is 6. The normalized spacial score (nSPS) is 18.4. The summed E-state index contributed by atoms with van der Waals surface area (Å²) in [6.07, 6.45) is 8.33. The van der Waals surface area contributed by atoms with Crippen LogP contribution in [0.2, 0.25) is 0 Å². The molecule has 0 radical (unpaired) electrons. The zero-order chi connectivity index (χ0) is 41.4. The molecule has 2 N–H and O–H groups in total. The summed E-state index contributed by atoms with van der Waals surface area (Å²) in [4.78, 5) is 46.4. The summed E-state index contributed by atoms with van der Waals surface area (Å²) in [6, 6.07) is 38.6. The van der Waals surface area contributed by atoms with Crippen molar-refractivity contribution >= 4 is 46.2 Å². The molecule has 302 valence electrons. The van der Waals surface area contributed by atoms with Crippen LogP contribution < -0.4 is 14.7 Å². The number of aliphatic hydroxyl groups excluding tert-OH is 1. The Morgan fingerprint density at radius 1 is 0.733 bits per heavy atom. The number of anilines is 5. The maximum atomic E-state index is 14.7. The van der Waals surface area contributed by atoms with Gasteiger partial charge in [-0.25, -0.2) is 0 Å². The number of allylic oxidation sites excluding steroid dienone is 1. The first-order valence-electron chi connectivity index (χ1n) is 20.6. The maximum absolute atomic E-state index is 14.7. The van der Waals surface area contributed by atoms with Gasteiger partial charge in [0.1, 0.15) is 0 Å². The Balaban J connectivity index is 0.990. The molecule has 6 aromatic rings. The van der Waals surface area contributed by atoms with Crippen LogP contribution in [0.1, 0.15) is 65.6 Å². The second-order valence-corrected chi connectivity index (χ2v) is 15.8. The largest absolute Gasteiger partial charge is 0.395 e. The van der Waals surface area contributed by atoms with E-state index in [2.05, 4.69) is 16.4 Å². The minimum atomic E-state index is -1.94. The summed E-state index contributed by atoms with van der Waals surface area (Å²) in [7, 11) is 0. The minimum Gasteiger partial charge on any atom is -0.395 e. The molecule has 3 aliphatic heterocycles. The van der Waals surface area contributed by atoms with Crippen molar-refractivity contribution in [2.45, 2.75) is 63.6 Å². The van der Waals surface area contributed by atoms with Gasteiger partial charge in [-0.1, -0.05) is 103 Å². The molecule has 3 amide bonds. The highest BCUT2D eigenvalue weighted by atomic mass is 16.3. The van der Waals surface area contributed by atoms with Crippen LogP contribution in [0, 0.1) is 5.92 Å². The van der Waals surface area contributed by atoms with Crippen LogP contribution in [-0.4, -0.2) is 49.5 Å². The molecule has 0 fully saturated rings. The quantitative estimate of drug-likeness (QED) is 0.122. The topological polar surface area (TPSA) is 132 Å². The lowest BCUT2D eigenvalue weighted by molar-refractivity contribution is -0.139. The Kier molecular flexibility index (Phi) is 10.5. The van der Waals surface area contributed by atoms with Gasteiger partial charge in [-0.05, 0) is 84.0 Å². The third kappa shape index (κ3) is 6.99. The number of benzene rings is 5. The Morgan fingerprint density at radius 3 is 2.02 bits per heavy atom. The summed E-state index contributed by atoms with van der Waals surface area (Å²) >= 11 is 0. The Morgan fingerprint density at radius 2 is 1.35 bits per heavy atom. The van der Waals surface area contributed by atoms with Gasteiger partial charge in [-0.15, -0.1) is 5.10 Å². The third-order valence-electron chi connectivity index (χ3n) is 12.1. The van der Waals surface area contributed by atoms with Crippen molar-refractivity contribution < 1.29 is 24.6 Å². The standard InChI is InChI=1S/C49H46N6O5/c1-33(11-9-10-28-52-31-42(50-51-52)40(32-56)35-12-3-2-4-13-35)49(60)41-29-39(55-44-17-8-6-15-37(44)21-27-47(55)58)24-25-45(41)53(48(49)59)30-34-18-22-38(23-19-34)54-43-16-7-5-14-36(43)20-26-46(54)57/h2-9,11-19,22-25,29,31,33,40,56,60H,10,20-21,26-28,30,32H2,1H3/b11-9+/t33-,40?,49+/m1/s1. The molecule has 0 aliphatic carbocycles. The third-order valence-corrected chi connectivity index (χ3v) is 12.1. The zero-order valence-electron chi connectivity index (χ0n) is 33.4. The Bertz CT molecular complexity index is 2600. The first-order chi connectivity index (χ1) is 29.2. The van der Waals surface area contributed by atoms with E-state index in [1.165, 1.54) is 0 Å². The van der Waals surface area contributed by atoms with Gasteiger partial charge in [-0.2, -0.15) is 0 Å². The average molecular weight is 799 g/mol. The van der Waals surface area contributed by atoms with Crippen LogP contribution in [0.5, 0.6) is 0 Å². The highest BCUT2D eigenvalue weighted by molar-refractivity contribution is 6.09. The monoisotopic (exact) mass is 798 g/mol. The fourth-order valence-corrected chi connectivity index (χ4v) is 8.87. The summed E-state index contributed by atoms with van der Waals surface area (Å²) in [6.45, 7) is 2.43. The summed E-state index contributed by atoms with van der Waals surface area (Å²) in [5.41, 5.74) is 6.73. The first kappa shape index (κ1) is 38.8. The molecule has 0 saturated heterocycles. The molecule has 1 unspecified atom stereocenters. The van der Waals surface area contributed by atoms with Crippen LogP contribution in [0.3, 0.4) is 0 Å². The summed E-state index contributed by atoms with van der Waals surface area (Å²) < 4.78 is 1.73. The van der Waals surface area contributed by atoms with Crippen LogP contribution >= 0.6 is 0 Å². The molecule has 11 heteroatoms. The van der Waals surface area contributed by atoms with Crippen LogP contribution in [-0.2, 0) is 45.9 Å². The fraction of sp³-hybridized carbons (Fsp3) is 0.245. The number of carbonyl (C=O) groups excluding carboxylic acids is 3. The number of hydrogen-bond donors (Lipinski definition) is 2. The Labute approximate surface area is 348 Å². The van der Waals surface area contributed by atoms with Gasteiger partial charge in [0, 0.05) is 48.4 Å². The average Bonchev–Trinajstić information content (AvgIpc) is 3.83. The minimum absolute atomic E-state index is 0.0345. The number of hydrogen-bond acceptors (Lipinski definition) is 7. The van der Waals surface area contributed by atoms with Gasteiger partial charge >= 0.3 is 0 Å². The predicted octanol–water partition coefficient (Wildman–Crippen LogP) is 7.64. The smallest absolute Gasteiger partial charge is 0.264 e. The molecule has 4 heterocycles. The number of fused-ring (bicyclic) bond motifs is 3. The van der Waals surface area contributed by atoms with Gasteiger partial charge in [0.2, 0.25) is 11.8 Å². The van der Waals surface area contributed by atoms with Gasteiger partial charge in [0.25, 0.3) is 5.91 Å². The highest BCUT2D eigenvalue weighted by Crippen LogP contribution is 2.48. The number of carbonyl (C=O) groups is 3.